The van der Waals surface area contributed by atoms with E-state index in [1.807, 2.05) is 26.0 Å². The third-order valence-corrected chi connectivity index (χ3v) is 6.95. The summed E-state index contributed by atoms with van der Waals surface area (Å²) in [6, 6.07) is 3.21. The minimum Gasteiger partial charge on any atom is -0.465 e. The average molecular weight is 428 g/mol. The fourth-order valence-electron chi connectivity index (χ4n) is 3.99. The molecule has 2 heterocycles. The monoisotopic (exact) mass is 427 g/mol. The largest absolute Gasteiger partial charge is 0.465 e. The number of amides is 2. The van der Waals surface area contributed by atoms with Crippen LogP contribution in [0.1, 0.15) is 51.2 Å². The summed E-state index contributed by atoms with van der Waals surface area (Å²) in [4.78, 5) is 38.7. The second-order valence-electron chi connectivity index (χ2n) is 7.83. The number of carbonyl (C=O) groups excluding carboxylic acids is 3. The zero-order chi connectivity index (χ0) is 21.4. The van der Waals surface area contributed by atoms with E-state index < -0.39 is 12.0 Å². The number of hydrogen-bond donors (Lipinski definition) is 3. The van der Waals surface area contributed by atoms with Crippen LogP contribution in [0.5, 0.6) is 0 Å². The van der Waals surface area contributed by atoms with Crippen molar-refractivity contribution in [3.8, 4) is 0 Å². The molecular weight excluding hydrogens is 402 g/mol. The van der Waals surface area contributed by atoms with E-state index in [2.05, 4.69) is 16.0 Å². The van der Waals surface area contributed by atoms with Gasteiger partial charge < -0.3 is 20.7 Å². The van der Waals surface area contributed by atoms with E-state index in [1.165, 1.54) is 18.4 Å². The molecule has 0 radical (unpaired) electrons. The van der Waals surface area contributed by atoms with Crippen molar-refractivity contribution in [2.45, 2.75) is 52.0 Å². The van der Waals surface area contributed by atoms with Crippen LogP contribution in [0.2, 0.25) is 0 Å². The lowest BCUT2D eigenvalue weighted by molar-refractivity contribution is -0.122. The van der Waals surface area contributed by atoms with E-state index in [0.29, 0.717) is 10.6 Å². The second kappa shape index (κ2) is 8.10. The summed E-state index contributed by atoms with van der Waals surface area (Å²) < 4.78 is 4.95. The SMILES string of the molecule is COC(=O)c1c(NC(=O)C[C@H]2Nc3cc(C)c(C)cc3NC2=O)sc2c1CCCC2. The molecule has 1 aliphatic carbocycles. The summed E-state index contributed by atoms with van der Waals surface area (Å²) >= 11 is 1.44. The highest BCUT2D eigenvalue weighted by Gasteiger charge is 2.30. The Hall–Kier alpha value is -2.87. The molecule has 3 N–H and O–H groups in total. The molecule has 4 rings (SSSR count). The number of fused-ring (bicyclic) bond motifs is 2. The molecule has 0 fully saturated rings. The maximum Gasteiger partial charge on any atom is 0.341 e. The molecule has 2 aromatic rings. The van der Waals surface area contributed by atoms with Crippen molar-refractivity contribution in [2.75, 3.05) is 23.1 Å². The van der Waals surface area contributed by atoms with Gasteiger partial charge in [-0.2, -0.15) is 0 Å². The smallest absolute Gasteiger partial charge is 0.341 e. The third kappa shape index (κ3) is 3.79. The first kappa shape index (κ1) is 20.4. The number of ether oxygens (including phenoxy) is 1. The van der Waals surface area contributed by atoms with Gasteiger partial charge in [0.05, 0.1) is 30.5 Å². The van der Waals surface area contributed by atoms with Gasteiger partial charge in [0.1, 0.15) is 11.0 Å². The second-order valence-corrected chi connectivity index (χ2v) is 8.93. The molecule has 2 aliphatic rings. The quantitative estimate of drug-likeness (QED) is 0.645. The summed E-state index contributed by atoms with van der Waals surface area (Å²) in [6.45, 7) is 3.99. The molecule has 0 spiro atoms. The molecule has 1 aromatic heterocycles. The van der Waals surface area contributed by atoms with Crippen LogP contribution in [0.3, 0.4) is 0 Å². The highest BCUT2D eigenvalue weighted by Crippen LogP contribution is 2.39. The van der Waals surface area contributed by atoms with Crippen LogP contribution in [0.4, 0.5) is 16.4 Å². The molecule has 0 bridgehead atoms. The van der Waals surface area contributed by atoms with Crippen molar-refractivity contribution in [2.24, 2.45) is 0 Å². The van der Waals surface area contributed by atoms with Gasteiger partial charge >= 0.3 is 5.97 Å². The lowest BCUT2D eigenvalue weighted by atomic mass is 9.95. The fourth-order valence-corrected chi connectivity index (χ4v) is 5.28. The van der Waals surface area contributed by atoms with Gasteiger partial charge in [-0.1, -0.05) is 0 Å². The molecule has 7 nitrogen and oxygen atoms in total. The van der Waals surface area contributed by atoms with Gasteiger partial charge in [-0.25, -0.2) is 4.79 Å². The highest BCUT2D eigenvalue weighted by molar-refractivity contribution is 7.17. The number of rotatable bonds is 4. The molecule has 1 atom stereocenters. The van der Waals surface area contributed by atoms with Crippen molar-refractivity contribution < 1.29 is 19.1 Å². The highest BCUT2D eigenvalue weighted by atomic mass is 32.1. The Kier molecular flexibility index (Phi) is 5.51. The van der Waals surface area contributed by atoms with E-state index in [1.54, 1.807) is 0 Å². The van der Waals surface area contributed by atoms with E-state index in [0.717, 1.165) is 58.6 Å². The molecule has 0 saturated carbocycles. The Bertz CT molecular complexity index is 1040. The molecule has 0 saturated heterocycles. The average Bonchev–Trinajstić information content (AvgIpc) is 3.07. The zero-order valence-corrected chi connectivity index (χ0v) is 18.1. The number of anilines is 3. The predicted octanol–water partition coefficient (Wildman–Crippen LogP) is 3.79. The van der Waals surface area contributed by atoms with E-state index in [9.17, 15) is 14.4 Å². The summed E-state index contributed by atoms with van der Waals surface area (Å²) in [6.07, 6.45) is 3.77. The number of hydrogen-bond acceptors (Lipinski definition) is 6. The Morgan fingerprint density at radius 1 is 1.17 bits per heavy atom. The van der Waals surface area contributed by atoms with Crippen LogP contribution in [0.25, 0.3) is 0 Å². The molecule has 8 heteroatoms. The van der Waals surface area contributed by atoms with Gasteiger partial charge in [0.2, 0.25) is 11.8 Å². The molecule has 1 aliphatic heterocycles. The summed E-state index contributed by atoms with van der Waals surface area (Å²) in [5.74, 6) is -1.00. The van der Waals surface area contributed by atoms with Crippen LogP contribution < -0.4 is 16.0 Å². The number of esters is 1. The molecule has 0 unspecified atom stereocenters. The fraction of sp³-hybridized carbons (Fsp3) is 0.409. The van der Waals surface area contributed by atoms with Crippen molar-refractivity contribution >= 4 is 45.5 Å². The van der Waals surface area contributed by atoms with Gasteiger partial charge in [-0.3, -0.25) is 9.59 Å². The van der Waals surface area contributed by atoms with Gasteiger partial charge in [-0.15, -0.1) is 11.3 Å². The van der Waals surface area contributed by atoms with Crippen molar-refractivity contribution in [3.63, 3.8) is 0 Å². The lowest BCUT2D eigenvalue weighted by Crippen LogP contribution is -2.41. The van der Waals surface area contributed by atoms with E-state index in [-0.39, 0.29) is 18.2 Å². The maximum atomic E-state index is 12.8. The van der Waals surface area contributed by atoms with Crippen molar-refractivity contribution in [3.05, 3.63) is 39.3 Å². The summed E-state index contributed by atoms with van der Waals surface area (Å²) in [7, 11) is 1.35. The van der Waals surface area contributed by atoms with Crippen LogP contribution >= 0.6 is 11.3 Å². The van der Waals surface area contributed by atoms with Crippen LogP contribution in [-0.4, -0.2) is 30.9 Å². The minimum atomic E-state index is -0.684. The Morgan fingerprint density at radius 3 is 2.60 bits per heavy atom. The first-order valence-electron chi connectivity index (χ1n) is 10.1. The zero-order valence-electron chi connectivity index (χ0n) is 17.3. The summed E-state index contributed by atoms with van der Waals surface area (Å²) in [5, 5.41) is 9.41. The van der Waals surface area contributed by atoms with Gasteiger partial charge in [0.15, 0.2) is 0 Å². The van der Waals surface area contributed by atoms with Crippen LogP contribution in [0, 0.1) is 13.8 Å². The minimum absolute atomic E-state index is 0.0403. The number of thiophene rings is 1. The van der Waals surface area contributed by atoms with E-state index in [4.69, 9.17) is 4.74 Å². The van der Waals surface area contributed by atoms with Crippen molar-refractivity contribution in [1.82, 2.24) is 0 Å². The predicted molar refractivity (Wildman–Crippen MR) is 118 cm³/mol. The van der Waals surface area contributed by atoms with Crippen molar-refractivity contribution in [1.29, 1.82) is 0 Å². The van der Waals surface area contributed by atoms with Crippen LogP contribution in [0.15, 0.2) is 12.1 Å². The number of carbonyl (C=O) groups is 3. The maximum absolute atomic E-state index is 12.8. The van der Waals surface area contributed by atoms with Crippen LogP contribution in [-0.2, 0) is 27.2 Å². The van der Waals surface area contributed by atoms with Gasteiger partial charge in [-0.05, 0) is 68.4 Å². The Labute approximate surface area is 179 Å². The number of aryl methyl sites for hydroxylation is 3. The standard InChI is InChI=1S/C22H25N3O4S/c1-11-8-14-15(9-12(11)2)24-20(27)16(23-14)10-18(26)25-21-19(22(28)29-3)13-6-4-5-7-17(13)30-21/h8-9,16,23H,4-7,10H2,1-3H3,(H,24,27)(H,25,26)/t16-/m1/s1. The van der Waals surface area contributed by atoms with Gasteiger partial charge in [0.25, 0.3) is 0 Å². The first-order valence-corrected chi connectivity index (χ1v) is 10.9. The molecule has 158 valence electrons. The molecule has 30 heavy (non-hydrogen) atoms. The molecular formula is C22H25N3O4S. The number of nitrogens with one attached hydrogen (secondary N) is 3. The Balaban J connectivity index is 1.51. The normalized spacial score (nSPS) is 17.3. The van der Waals surface area contributed by atoms with E-state index >= 15 is 0 Å². The summed E-state index contributed by atoms with van der Waals surface area (Å²) in [5.41, 5.74) is 5.16. The van der Waals surface area contributed by atoms with Gasteiger partial charge in [0, 0.05) is 4.88 Å². The number of methoxy groups -OCH3 is 1. The number of benzene rings is 1. The Morgan fingerprint density at radius 2 is 1.87 bits per heavy atom. The first-order chi connectivity index (χ1) is 14.4. The third-order valence-electron chi connectivity index (χ3n) is 5.74. The molecule has 1 aromatic carbocycles. The topological polar surface area (TPSA) is 96.5 Å². The lowest BCUT2D eigenvalue weighted by Gasteiger charge is -2.27. The molecule has 2 amide bonds.